The monoisotopic (exact) mass is 311 g/mol. The van der Waals surface area contributed by atoms with Crippen LogP contribution in [0.2, 0.25) is 0 Å². The molecule has 18 heavy (non-hydrogen) atoms. The zero-order valence-corrected chi connectivity index (χ0v) is 12.9. The van der Waals surface area contributed by atoms with E-state index in [4.69, 9.17) is 0 Å². The second-order valence-electron chi connectivity index (χ2n) is 5.57. The first-order valence-corrected chi connectivity index (χ1v) is 7.50. The van der Waals surface area contributed by atoms with Crippen LogP contribution in [-0.4, -0.2) is 18.2 Å². The van der Waals surface area contributed by atoms with Crippen LogP contribution in [0.15, 0.2) is 22.7 Å². The molecule has 3 unspecified atom stereocenters. The number of benzene rings is 1. The van der Waals surface area contributed by atoms with Crippen LogP contribution in [0.3, 0.4) is 0 Å². The van der Waals surface area contributed by atoms with Crippen molar-refractivity contribution in [1.29, 1.82) is 0 Å². The molecular formula is C15H22BrNO. The summed E-state index contributed by atoms with van der Waals surface area (Å²) < 4.78 is 1.00. The second-order valence-corrected chi connectivity index (χ2v) is 6.43. The van der Waals surface area contributed by atoms with E-state index in [0.717, 1.165) is 35.0 Å². The van der Waals surface area contributed by atoms with Crippen LogP contribution in [-0.2, 0) is 0 Å². The largest absolute Gasteiger partial charge is 0.389 e. The van der Waals surface area contributed by atoms with Crippen molar-refractivity contribution >= 4 is 21.6 Å². The van der Waals surface area contributed by atoms with Gasteiger partial charge in [-0.15, -0.1) is 0 Å². The van der Waals surface area contributed by atoms with Crippen molar-refractivity contribution in [3.8, 4) is 0 Å². The molecule has 1 N–H and O–H groups in total. The van der Waals surface area contributed by atoms with Gasteiger partial charge < -0.3 is 10.0 Å². The Hall–Kier alpha value is -0.540. The third kappa shape index (κ3) is 2.89. The maximum Gasteiger partial charge on any atom is 0.0772 e. The van der Waals surface area contributed by atoms with Crippen molar-refractivity contribution in [3.05, 3.63) is 28.2 Å². The third-order valence-corrected chi connectivity index (χ3v) is 4.82. The van der Waals surface area contributed by atoms with E-state index in [9.17, 15) is 5.11 Å². The number of rotatable bonds is 2. The van der Waals surface area contributed by atoms with Crippen LogP contribution in [0, 0.1) is 11.8 Å². The van der Waals surface area contributed by atoms with Gasteiger partial charge in [0.1, 0.15) is 0 Å². The zero-order chi connectivity index (χ0) is 13.3. The number of aliphatic hydroxyl groups excluding tert-OH is 1. The highest BCUT2D eigenvalue weighted by Gasteiger charge is 2.23. The molecule has 0 saturated carbocycles. The van der Waals surface area contributed by atoms with Crippen LogP contribution in [0.25, 0.3) is 0 Å². The topological polar surface area (TPSA) is 23.5 Å². The smallest absolute Gasteiger partial charge is 0.0772 e. The summed E-state index contributed by atoms with van der Waals surface area (Å²) in [7, 11) is 0. The fourth-order valence-electron chi connectivity index (χ4n) is 2.55. The average Bonchev–Trinajstić information content (AvgIpc) is 2.32. The Bertz CT molecular complexity index is 419. The first-order valence-electron chi connectivity index (χ1n) is 6.71. The lowest BCUT2D eigenvalue weighted by molar-refractivity contribution is 0.198. The summed E-state index contributed by atoms with van der Waals surface area (Å²) in [6.07, 6.45) is 0.838. The van der Waals surface area contributed by atoms with Crippen LogP contribution >= 0.6 is 15.9 Å². The lowest BCUT2D eigenvalue weighted by Crippen LogP contribution is -2.38. The van der Waals surface area contributed by atoms with E-state index in [1.54, 1.807) is 6.92 Å². The molecule has 1 aromatic carbocycles. The fourth-order valence-corrected chi connectivity index (χ4v) is 3.25. The van der Waals surface area contributed by atoms with E-state index < -0.39 is 6.10 Å². The van der Waals surface area contributed by atoms with Crippen LogP contribution in [0.1, 0.15) is 38.9 Å². The van der Waals surface area contributed by atoms with E-state index in [1.165, 1.54) is 12.1 Å². The van der Waals surface area contributed by atoms with Gasteiger partial charge in [-0.25, -0.2) is 0 Å². The molecule has 3 atom stereocenters. The maximum atomic E-state index is 9.64. The quantitative estimate of drug-likeness (QED) is 0.893. The zero-order valence-electron chi connectivity index (χ0n) is 11.4. The molecule has 1 aliphatic heterocycles. The summed E-state index contributed by atoms with van der Waals surface area (Å²) >= 11 is 3.55. The fraction of sp³-hybridized carbons (Fsp3) is 0.600. The van der Waals surface area contributed by atoms with Crippen molar-refractivity contribution in [2.75, 3.05) is 18.0 Å². The minimum Gasteiger partial charge on any atom is -0.389 e. The SMILES string of the molecule is CC(O)c1ccc(N2CCC(C)C(C)C2)cc1Br. The maximum absolute atomic E-state index is 9.64. The molecule has 100 valence electrons. The molecule has 0 aliphatic carbocycles. The van der Waals surface area contributed by atoms with Crippen molar-refractivity contribution in [3.63, 3.8) is 0 Å². The summed E-state index contributed by atoms with van der Waals surface area (Å²) in [5.41, 5.74) is 2.21. The average molecular weight is 312 g/mol. The Labute approximate surface area is 118 Å². The van der Waals surface area contributed by atoms with E-state index >= 15 is 0 Å². The van der Waals surface area contributed by atoms with Gasteiger partial charge in [0, 0.05) is 23.2 Å². The number of anilines is 1. The normalized spacial score (nSPS) is 26.2. The molecule has 0 spiro atoms. The van der Waals surface area contributed by atoms with Gasteiger partial charge in [0.15, 0.2) is 0 Å². The molecule has 0 amide bonds. The second kappa shape index (κ2) is 5.62. The van der Waals surface area contributed by atoms with Gasteiger partial charge in [0.2, 0.25) is 0 Å². The Morgan fingerprint density at radius 1 is 1.33 bits per heavy atom. The molecule has 3 heteroatoms. The molecular weight excluding hydrogens is 290 g/mol. The van der Waals surface area contributed by atoms with Gasteiger partial charge >= 0.3 is 0 Å². The van der Waals surface area contributed by atoms with Crippen molar-refractivity contribution in [2.24, 2.45) is 11.8 Å². The lowest BCUT2D eigenvalue weighted by atomic mass is 9.88. The van der Waals surface area contributed by atoms with E-state index in [-0.39, 0.29) is 0 Å². The summed E-state index contributed by atoms with van der Waals surface area (Å²) in [5, 5.41) is 9.64. The van der Waals surface area contributed by atoms with Crippen molar-refractivity contribution in [2.45, 2.75) is 33.3 Å². The van der Waals surface area contributed by atoms with Gasteiger partial charge in [-0.1, -0.05) is 35.8 Å². The van der Waals surface area contributed by atoms with Crippen molar-refractivity contribution < 1.29 is 5.11 Å². The van der Waals surface area contributed by atoms with Crippen LogP contribution in [0.4, 0.5) is 5.69 Å². The molecule has 0 bridgehead atoms. The van der Waals surface area contributed by atoms with Crippen molar-refractivity contribution in [1.82, 2.24) is 0 Å². The highest BCUT2D eigenvalue weighted by Crippen LogP contribution is 2.31. The molecule has 0 aromatic heterocycles. The molecule has 0 radical (unpaired) electrons. The number of hydrogen-bond acceptors (Lipinski definition) is 2. The Morgan fingerprint density at radius 3 is 2.61 bits per heavy atom. The standard InChI is InChI=1S/C15H22BrNO/c1-10-6-7-17(9-11(10)2)13-4-5-14(12(3)18)15(16)8-13/h4-5,8,10-12,18H,6-7,9H2,1-3H3. The Morgan fingerprint density at radius 2 is 2.06 bits per heavy atom. The van der Waals surface area contributed by atoms with Gasteiger partial charge in [-0.2, -0.15) is 0 Å². The summed E-state index contributed by atoms with van der Waals surface area (Å²) in [6, 6.07) is 6.27. The molecule has 1 fully saturated rings. The number of piperidine rings is 1. The lowest BCUT2D eigenvalue weighted by Gasteiger charge is -2.37. The Balaban J connectivity index is 2.17. The number of aliphatic hydroxyl groups is 1. The molecule has 1 saturated heterocycles. The minimum absolute atomic E-state index is 0.422. The van der Waals surface area contributed by atoms with E-state index in [2.05, 4.69) is 46.8 Å². The minimum atomic E-state index is -0.422. The van der Waals surface area contributed by atoms with Gasteiger partial charge in [0.05, 0.1) is 6.10 Å². The number of halogens is 1. The van der Waals surface area contributed by atoms with E-state index in [1.807, 2.05) is 6.07 Å². The summed E-state index contributed by atoms with van der Waals surface area (Å²) in [6.45, 7) is 8.72. The first kappa shape index (κ1) is 13.9. The van der Waals surface area contributed by atoms with E-state index in [0.29, 0.717) is 0 Å². The molecule has 1 aliphatic rings. The number of hydrogen-bond donors (Lipinski definition) is 1. The molecule has 2 rings (SSSR count). The third-order valence-electron chi connectivity index (χ3n) is 4.13. The number of nitrogens with zero attached hydrogens (tertiary/aromatic N) is 1. The first-order chi connectivity index (χ1) is 8.49. The van der Waals surface area contributed by atoms with Gasteiger partial charge in [-0.3, -0.25) is 0 Å². The van der Waals surface area contributed by atoms with Gasteiger partial charge in [-0.05, 0) is 42.9 Å². The molecule has 1 heterocycles. The predicted molar refractivity (Wildman–Crippen MR) is 79.9 cm³/mol. The van der Waals surface area contributed by atoms with Crippen LogP contribution < -0.4 is 4.90 Å². The Kier molecular flexibility index (Phi) is 4.33. The van der Waals surface area contributed by atoms with Crippen LogP contribution in [0.5, 0.6) is 0 Å². The molecule has 2 nitrogen and oxygen atoms in total. The predicted octanol–water partition coefficient (Wildman–Crippen LogP) is 3.98. The summed E-state index contributed by atoms with van der Waals surface area (Å²) in [5.74, 6) is 1.57. The highest BCUT2D eigenvalue weighted by molar-refractivity contribution is 9.10. The highest BCUT2D eigenvalue weighted by atomic mass is 79.9. The molecule has 1 aromatic rings. The van der Waals surface area contributed by atoms with Gasteiger partial charge in [0.25, 0.3) is 0 Å². The summed E-state index contributed by atoms with van der Waals surface area (Å²) in [4.78, 5) is 2.45.